The predicted octanol–water partition coefficient (Wildman–Crippen LogP) is 1.62. The molecule has 7 heteroatoms. The lowest BCUT2D eigenvalue weighted by atomic mass is 10.1. The van der Waals surface area contributed by atoms with Crippen LogP contribution in [-0.4, -0.2) is 36.7 Å². The zero-order chi connectivity index (χ0) is 16.7. The Morgan fingerprint density at radius 3 is 2.83 bits per heavy atom. The number of hydrogen-bond donors (Lipinski definition) is 2. The van der Waals surface area contributed by atoms with E-state index in [4.69, 9.17) is 4.84 Å². The highest BCUT2D eigenvalue weighted by molar-refractivity contribution is 5.94. The number of benzene rings is 1. The molecule has 0 aliphatic carbocycles. The zero-order valence-corrected chi connectivity index (χ0v) is 13.0. The molecule has 0 bridgehead atoms. The summed E-state index contributed by atoms with van der Waals surface area (Å²) in [7, 11) is 0. The third-order valence-corrected chi connectivity index (χ3v) is 3.49. The van der Waals surface area contributed by atoms with Crippen molar-refractivity contribution < 1.29 is 18.8 Å². The van der Waals surface area contributed by atoms with Crippen LogP contribution >= 0.6 is 0 Å². The van der Waals surface area contributed by atoms with Gasteiger partial charge in [-0.15, -0.1) is 0 Å². The Balaban J connectivity index is 1.64. The first-order valence-corrected chi connectivity index (χ1v) is 7.61. The van der Waals surface area contributed by atoms with E-state index < -0.39 is 11.7 Å². The van der Waals surface area contributed by atoms with E-state index in [1.165, 1.54) is 18.2 Å². The number of carbonyl (C=O) groups excluding carboxylic acids is 2. The van der Waals surface area contributed by atoms with Crippen LogP contribution in [0.15, 0.2) is 29.4 Å². The summed E-state index contributed by atoms with van der Waals surface area (Å²) in [6.45, 7) is 2.52. The van der Waals surface area contributed by atoms with Gasteiger partial charge in [0.05, 0.1) is 17.8 Å². The second kappa shape index (κ2) is 8.26. The molecule has 2 amide bonds. The Kier molecular flexibility index (Phi) is 6.08. The lowest BCUT2D eigenvalue weighted by Crippen LogP contribution is -2.35. The van der Waals surface area contributed by atoms with Crippen molar-refractivity contribution in [3.8, 4) is 0 Å². The molecule has 0 saturated carbocycles. The summed E-state index contributed by atoms with van der Waals surface area (Å²) in [4.78, 5) is 28.7. The number of halogens is 1. The molecular formula is C16H20FN3O3. The smallest absolute Gasteiger partial charge is 0.254 e. The highest BCUT2D eigenvalue weighted by atomic mass is 19.1. The molecule has 0 unspecified atom stereocenters. The van der Waals surface area contributed by atoms with Crippen LogP contribution < -0.4 is 10.6 Å². The van der Waals surface area contributed by atoms with Gasteiger partial charge in [0.2, 0.25) is 5.91 Å². The van der Waals surface area contributed by atoms with Gasteiger partial charge in [-0.1, -0.05) is 24.2 Å². The van der Waals surface area contributed by atoms with Gasteiger partial charge < -0.3 is 15.5 Å². The summed E-state index contributed by atoms with van der Waals surface area (Å²) in [5, 5.41) is 9.17. The number of oxime groups is 1. The van der Waals surface area contributed by atoms with Crippen LogP contribution in [0.1, 0.15) is 36.5 Å². The van der Waals surface area contributed by atoms with Crippen molar-refractivity contribution in [1.29, 1.82) is 0 Å². The fourth-order valence-electron chi connectivity index (χ4n) is 2.15. The monoisotopic (exact) mass is 321 g/mol. The molecule has 0 fully saturated rings. The molecular weight excluding hydrogens is 301 g/mol. The molecule has 124 valence electrons. The molecule has 23 heavy (non-hydrogen) atoms. The van der Waals surface area contributed by atoms with Gasteiger partial charge in [-0.25, -0.2) is 4.39 Å². The number of carbonyl (C=O) groups is 2. The first-order chi connectivity index (χ1) is 11.1. The van der Waals surface area contributed by atoms with E-state index in [0.717, 1.165) is 18.6 Å². The summed E-state index contributed by atoms with van der Waals surface area (Å²) in [5.74, 6) is -1.32. The average Bonchev–Trinajstić information content (AvgIpc) is 3.01. The highest BCUT2D eigenvalue weighted by Crippen LogP contribution is 2.11. The second-order valence-electron chi connectivity index (χ2n) is 5.23. The largest absolute Gasteiger partial charge is 0.390 e. The van der Waals surface area contributed by atoms with Crippen LogP contribution in [0.4, 0.5) is 4.39 Å². The van der Waals surface area contributed by atoms with Gasteiger partial charge in [0.1, 0.15) is 11.9 Å². The van der Waals surface area contributed by atoms with Crippen molar-refractivity contribution in [1.82, 2.24) is 10.6 Å². The molecule has 1 heterocycles. The molecule has 0 spiro atoms. The molecule has 1 aliphatic rings. The molecule has 1 aromatic carbocycles. The maximum atomic E-state index is 13.4. The molecule has 2 N–H and O–H groups in total. The minimum absolute atomic E-state index is 0.0310. The van der Waals surface area contributed by atoms with Crippen LogP contribution in [0.3, 0.4) is 0 Å². The summed E-state index contributed by atoms with van der Waals surface area (Å²) in [6, 6.07) is 5.71. The van der Waals surface area contributed by atoms with E-state index in [-0.39, 0.29) is 30.5 Å². The predicted molar refractivity (Wildman–Crippen MR) is 83.6 cm³/mol. The van der Waals surface area contributed by atoms with Crippen molar-refractivity contribution in [2.45, 2.75) is 32.3 Å². The Bertz CT molecular complexity index is 604. The normalized spacial score (nSPS) is 16.4. The molecule has 0 saturated heterocycles. The maximum absolute atomic E-state index is 13.4. The minimum atomic E-state index is -0.584. The van der Waals surface area contributed by atoms with E-state index in [0.29, 0.717) is 6.54 Å². The molecule has 1 atom stereocenters. The average molecular weight is 321 g/mol. The van der Waals surface area contributed by atoms with Gasteiger partial charge in [0.25, 0.3) is 5.91 Å². The summed E-state index contributed by atoms with van der Waals surface area (Å²) >= 11 is 0. The SMILES string of the molecule is CCC1=NO[C@H](CNC(=O)CCNC(=O)c2ccccc2F)C1. The number of rotatable bonds is 7. The van der Waals surface area contributed by atoms with Crippen LogP contribution in [0.5, 0.6) is 0 Å². The Morgan fingerprint density at radius 2 is 2.13 bits per heavy atom. The molecule has 6 nitrogen and oxygen atoms in total. The lowest BCUT2D eigenvalue weighted by molar-refractivity contribution is -0.121. The molecule has 0 aromatic heterocycles. The number of hydrogen-bond acceptors (Lipinski definition) is 4. The van der Waals surface area contributed by atoms with Crippen molar-refractivity contribution in [3.05, 3.63) is 35.6 Å². The number of nitrogens with one attached hydrogen (secondary N) is 2. The van der Waals surface area contributed by atoms with Crippen LogP contribution in [0.2, 0.25) is 0 Å². The van der Waals surface area contributed by atoms with Crippen molar-refractivity contribution in [2.24, 2.45) is 5.16 Å². The Hall–Kier alpha value is -2.44. The van der Waals surface area contributed by atoms with Crippen LogP contribution in [0.25, 0.3) is 0 Å². The molecule has 2 rings (SSSR count). The summed E-state index contributed by atoms with van der Waals surface area (Å²) in [6.07, 6.45) is 1.56. The van der Waals surface area contributed by atoms with Crippen molar-refractivity contribution >= 4 is 17.5 Å². The summed E-state index contributed by atoms with van der Waals surface area (Å²) < 4.78 is 13.4. The molecule has 1 aromatic rings. The van der Waals surface area contributed by atoms with E-state index in [1.807, 2.05) is 6.92 Å². The Labute approximate surface area is 134 Å². The topological polar surface area (TPSA) is 79.8 Å². The fourth-order valence-corrected chi connectivity index (χ4v) is 2.15. The van der Waals surface area contributed by atoms with Gasteiger partial charge in [-0.3, -0.25) is 9.59 Å². The quantitative estimate of drug-likeness (QED) is 0.801. The Morgan fingerprint density at radius 1 is 1.35 bits per heavy atom. The summed E-state index contributed by atoms with van der Waals surface area (Å²) in [5.41, 5.74) is 0.956. The molecule has 0 radical (unpaired) electrons. The second-order valence-corrected chi connectivity index (χ2v) is 5.23. The third kappa shape index (κ3) is 5.05. The van der Waals surface area contributed by atoms with E-state index in [2.05, 4.69) is 15.8 Å². The van der Waals surface area contributed by atoms with E-state index >= 15 is 0 Å². The van der Waals surface area contributed by atoms with E-state index in [9.17, 15) is 14.0 Å². The van der Waals surface area contributed by atoms with Crippen molar-refractivity contribution in [2.75, 3.05) is 13.1 Å². The van der Waals surface area contributed by atoms with Gasteiger partial charge >= 0.3 is 0 Å². The van der Waals surface area contributed by atoms with Gasteiger partial charge in [0, 0.05) is 19.4 Å². The fraction of sp³-hybridized carbons (Fsp3) is 0.438. The molecule has 1 aliphatic heterocycles. The first-order valence-electron chi connectivity index (χ1n) is 7.61. The zero-order valence-electron chi connectivity index (χ0n) is 13.0. The van der Waals surface area contributed by atoms with E-state index in [1.54, 1.807) is 6.07 Å². The van der Waals surface area contributed by atoms with Crippen LogP contribution in [-0.2, 0) is 9.63 Å². The van der Waals surface area contributed by atoms with Crippen LogP contribution in [0, 0.1) is 5.82 Å². The lowest BCUT2D eigenvalue weighted by Gasteiger charge is -2.10. The van der Waals surface area contributed by atoms with Gasteiger partial charge in [-0.2, -0.15) is 0 Å². The van der Waals surface area contributed by atoms with Crippen molar-refractivity contribution in [3.63, 3.8) is 0 Å². The highest BCUT2D eigenvalue weighted by Gasteiger charge is 2.20. The minimum Gasteiger partial charge on any atom is -0.390 e. The standard InChI is InChI=1S/C16H20FN3O3/c1-2-11-9-12(23-20-11)10-19-15(21)7-8-18-16(22)13-5-3-4-6-14(13)17/h3-6,12H,2,7-10H2,1H3,(H,18,22)(H,19,21)/t12-/m0/s1. The number of nitrogens with zero attached hydrogens (tertiary/aromatic N) is 1. The van der Waals surface area contributed by atoms with Gasteiger partial charge in [-0.05, 0) is 18.6 Å². The maximum Gasteiger partial charge on any atom is 0.254 e. The number of amides is 2. The van der Waals surface area contributed by atoms with Gasteiger partial charge in [0.15, 0.2) is 0 Å². The third-order valence-electron chi connectivity index (χ3n) is 3.49. The first kappa shape index (κ1) is 16.9.